The van der Waals surface area contributed by atoms with Crippen molar-refractivity contribution in [1.82, 2.24) is 4.90 Å². The molecule has 112 valence electrons. The van der Waals surface area contributed by atoms with Crippen LogP contribution in [0.5, 0.6) is 0 Å². The largest absolute Gasteiger partial charge is 0.383 e. The van der Waals surface area contributed by atoms with Gasteiger partial charge in [0.15, 0.2) is 0 Å². The first-order valence-electron chi connectivity index (χ1n) is 6.74. The Morgan fingerprint density at radius 1 is 1.50 bits per heavy atom. The molecular weight excluding hydrogens is 294 g/mol. The lowest BCUT2D eigenvalue weighted by Gasteiger charge is -2.34. The molecular formula is C14H22ClN3OS. The number of nitrogens with two attached hydrogens (primary N) is 1. The number of thiophene rings is 1. The summed E-state index contributed by atoms with van der Waals surface area (Å²) in [6.07, 6.45) is 1.35. The number of hydrogen-bond acceptors (Lipinski definition) is 5. The quantitative estimate of drug-likeness (QED) is 0.761. The molecule has 0 aromatic carbocycles. The molecule has 20 heavy (non-hydrogen) atoms. The molecule has 0 bridgehead atoms. The number of rotatable bonds is 9. The van der Waals surface area contributed by atoms with Crippen molar-refractivity contribution in [2.24, 2.45) is 5.73 Å². The molecule has 1 rings (SSSR count). The number of halogens is 1. The molecule has 2 N–H and O–H groups in total. The van der Waals surface area contributed by atoms with Crippen molar-refractivity contribution in [3.63, 3.8) is 0 Å². The van der Waals surface area contributed by atoms with Crippen molar-refractivity contribution in [2.45, 2.75) is 31.8 Å². The Labute approximate surface area is 130 Å². The summed E-state index contributed by atoms with van der Waals surface area (Å²) in [6.45, 7) is 4.14. The van der Waals surface area contributed by atoms with E-state index in [2.05, 4.69) is 17.9 Å². The van der Waals surface area contributed by atoms with Gasteiger partial charge in [0.25, 0.3) is 0 Å². The number of nitriles is 1. The standard InChI is InChI=1S/C14H22ClN3OS/c1-3-11(17)14(12-5-6-13(15)20-12)18(8-4-7-16)9-10-19-2/h5-6,11,14H,3-4,8-10,17H2,1-2H3. The molecule has 2 unspecified atom stereocenters. The third kappa shape index (κ3) is 5.04. The molecule has 0 radical (unpaired) electrons. The molecule has 4 nitrogen and oxygen atoms in total. The van der Waals surface area contributed by atoms with Gasteiger partial charge in [-0.2, -0.15) is 5.26 Å². The van der Waals surface area contributed by atoms with Gasteiger partial charge in [0.05, 0.1) is 23.1 Å². The second-order valence-corrected chi connectivity index (χ2v) is 6.34. The van der Waals surface area contributed by atoms with Crippen molar-refractivity contribution >= 4 is 22.9 Å². The van der Waals surface area contributed by atoms with Gasteiger partial charge in [0, 0.05) is 37.5 Å². The van der Waals surface area contributed by atoms with Crippen LogP contribution in [-0.4, -0.2) is 37.7 Å². The van der Waals surface area contributed by atoms with Crippen molar-refractivity contribution in [1.29, 1.82) is 5.26 Å². The van der Waals surface area contributed by atoms with E-state index < -0.39 is 0 Å². The highest BCUT2D eigenvalue weighted by atomic mass is 35.5. The minimum atomic E-state index is 0.0141. The van der Waals surface area contributed by atoms with Gasteiger partial charge in [0.1, 0.15) is 0 Å². The number of methoxy groups -OCH3 is 1. The number of ether oxygens (including phenoxy) is 1. The van der Waals surface area contributed by atoms with Crippen LogP contribution in [0, 0.1) is 11.3 Å². The molecule has 0 fully saturated rings. The first-order valence-corrected chi connectivity index (χ1v) is 7.94. The van der Waals surface area contributed by atoms with Crippen LogP contribution in [0.15, 0.2) is 12.1 Å². The molecule has 1 heterocycles. The molecule has 0 saturated carbocycles. The maximum atomic E-state index is 8.84. The SMILES string of the molecule is CCC(N)C(c1ccc(Cl)s1)N(CCC#N)CCOC. The molecule has 2 atom stereocenters. The molecule has 0 amide bonds. The zero-order valence-corrected chi connectivity index (χ0v) is 13.6. The summed E-state index contributed by atoms with van der Waals surface area (Å²) in [5, 5.41) is 8.84. The van der Waals surface area contributed by atoms with Crippen LogP contribution in [-0.2, 0) is 4.74 Å². The third-order valence-electron chi connectivity index (χ3n) is 3.25. The Hall–Kier alpha value is -0.640. The Morgan fingerprint density at radius 2 is 2.25 bits per heavy atom. The van der Waals surface area contributed by atoms with Crippen LogP contribution in [0.3, 0.4) is 0 Å². The lowest BCUT2D eigenvalue weighted by Crippen LogP contribution is -2.42. The van der Waals surface area contributed by atoms with Crippen LogP contribution in [0.4, 0.5) is 0 Å². The highest BCUT2D eigenvalue weighted by molar-refractivity contribution is 7.16. The van der Waals surface area contributed by atoms with E-state index in [0.29, 0.717) is 19.6 Å². The predicted octanol–water partition coefficient (Wildman–Crippen LogP) is 3.04. The topological polar surface area (TPSA) is 62.3 Å². The first kappa shape index (κ1) is 17.4. The van der Waals surface area contributed by atoms with E-state index in [-0.39, 0.29) is 12.1 Å². The minimum absolute atomic E-state index is 0.0141. The average molecular weight is 316 g/mol. The van der Waals surface area contributed by atoms with E-state index >= 15 is 0 Å². The van der Waals surface area contributed by atoms with E-state index in [0.717, 1.165) is 22.2 Å². The highest BCUT2D eigenvalue weighted by Gasteiger charge is 2.26. The monoisotopic (exact) mass is 315 g/mol. The fourth-order valence-electron chi connectivity index (χ4n) is 2.16. The van der Waals surface area contributed by atoms with Crippen molar-refractivity contribution in [3.05, 3.63) is 21.3 Å². The van der Waals surface area contributed by atoms with Gasteiger partial charge in [0.2, 0.25) is 0 Å². The molecule has 1 aromatic heterocycles. The summed E-state index contributed by atoms with van der Waals surface area (Å²) < 4.78 is 5.93. The van der Waals surface area contributed by atoms with Gasteiger partial charge in [-0.25, -0.2) is 0 Å². The maximum Gasteiger partial charge on any atom is 0.0931 e. The van der Waals surface area contributed by atoms with Crippen LogP contribution < -0.4 is 5.73 Å². The zero-order chi connectivity index (χ0) is 15.0. The maximum absolute atomic E-state index is 8.84. The summed E-state index contributed by atoms with van der Waals surface area (Å²) in [5.74, 6) is 0. The van der Waals surface area contributed by atoms with Crippen LogP contribution >= 0.6 is 22.9 Å². The summed E-state index contributed by atoms with van der Waals surface area (Å²) in [4.78, 5) is 3.38. The molecule has 0 spiro atoms. The lowest BCUT2D eigenvalue weighted by atomic mass is 10.0. The lowest BCUT2D eigenvalue weighted by molar-refractivity contribution is 0.110. The normalized spacial score (nSPS) is 14.2. The summed E-state index contributed by atoms with van der Waals surface area (Å²) >= 11 is 7.60. The van der Waals surface area contributed by atoms with Crippen LogP contribution in [0.2, 0.25) is 4.34 Å². The molecule has 0 saturated heterocycles. The number of hydrogen-bond donors (Lipinski definition) is 1. The van der Waals surface area contributed by atoms with Gasteiger partial charge in [-0.05, 0) is 18.6 Å². The Bertz CT molecular complexity index is 432. The fraction of sp³-hybridized carbons (Fsp3) is 0.643. The second-order valence-electron chi connectivity index (χ2n) is 4.60. The molecule has 6 heteroatoms. The van der Waals surface area contributed by atoms with Gasteiger partial charge in [-0.1, -0.05) is 18.5 Å². The summed E-state index contributed by atoms with van der Waals surface area (Å²) in [6, 6.07) is 6.22. The van der Waals surface area contributed by atoms with E-state index in [9.17, 15) is 0 Å². The molecule has 0 aliphatic rings. The van der Waals surface area contributed by atoms with E-state index in [1.807, 2.05) is 12.1 Å². The fourth-order valence-corrected chi connectivity index (χ4v) is 3.44. The highest BCUT2D eigenvalue weighted by Crippen LogP contribution is 2.33. The van der Waals surface area contributed by atoms with Crippen molar-refractivity contribution < 1.29 is 4.74 Å². The summed E-state index contributed by atoms with van der Waals surface area (Å²) in [7, 11) is 1.68. The molecule has 1 aromatic rings. The van der Waals surface area contributed by atoms with Crippen LogP contribution in [0.25, 0.3) is 0 Å². The van der Waals surface area contributed by atoms with Crippen molar-refractivity contribution in [3.8, 4) is 6.07 Å². The number of nitrogens with zero attached hydrogens (tertiary/aromatic N) is 2. The van der Waals surface area contributed by atoms with E-state index in [1.54, 1.807) is 18.4 Å². The Kier molecular flexibility index (Phi) is 8.12. The molecule has 0 aliphatic carbocycles. The second kappa shape index (κ2) is 9.32. The van der Waals surface area contributed by atoms with E-state index in [1.165, 1.54) is 0 Å². The third-order valence-corrected chi connectivity index (χ3v) is 4.55. The van der Waals surface area contributed by atoms with Crippen LogP contribution in [0.1, 0.15) is 30.7 Å². The van der Waals surface area contributed by atoms with Gasteiger partial charge >= 0.3 is 0 Å². The van der Waals surface area contributed by atoms with Gasteiger partial charge in [-0.15, -0.1) is 11.3 Å². The Morgan fingerprint density at radius 3 is 2.75 bits per heavy atom. The average Bonchev–Trinajstić information content (AvgIpc) is 2.87. The first-order chi connectivity index (χ1) is 9.63. The molecule has 0 aliphatic heterocycles. The van der Waals surface area contributed by atoms with Crippen molar-refractivity contribution in [2.75, 3.05) is 26.8 Å². The van der Waals surface area contributed by atoms with Gasteiger partial charge < -0.3 is 10.5 Å². The van der Waals surface area contributed by atoms with Gasteiger partial charge in [-0.3, -0.25) is 4.90 Å². The Balaban J connectivity index is 2.94. The van der Waals surface area contributed by atoms with E-state index in [4.69, 9.17) is 27.3 Å². The zero-order valence-electron chi connectivity index (χ0n) is 12.0. The minimum Gasteiger partial charge on any atom is -0.383 e. The summed E-state index contributed by atoms with van der Waals surface area (Å²) in [5.41, 5.74) is 6.30. The predicted molar refractivity (Wildman–Crippen MR) is 84.0 cm³/mol. The smallest absolute Gasteiger partial charge is 0.0931 e.